The number of ether oxygens (including phenoxy) is 1. The Hall–Kier alpha value is -3.30. The molecule has 4 heterocycles. The van der Waals surface area contributed by atoms with Gasteiger partial charge in [0.05, 0.1) is 6.20 Å². The van der Waals surface area contributed by atoms with Gasteiger partial charge in [0, 0.05) is 57.1 Å². The molecule has 10 heteroatoms. The van der Waals surface area contributed by atoms with Crippen molar-refractivity contribution in [2.45, 2.75) is 51.7 Å². The van der Waals surface area contributed by atoms with Crippen molar-refractivity contribution in [1.82, 2.24) is 19.6 Å². The molecule has 2 aromatic heterocycles. The number of rotatable bonds is 3. The molecular weight excluding hydrogens is 412 g/mol. The molecule has 4 amide bonds. The topological polar surface area (TPSA) is 99.5 Å². The van der Waals surface area contributed by atoms with E-state index in [4.69, 9.17) is 4.74 Å². The number of fused-ring (bicyclic) bond motifs is 1. The number of urea groups is 1. The summed E-state index contributed by atoms with van der Waals surface area (Å²) in [6.45, 7) is 7.58. The molecule has 0 spiro atoms. The van der Waals surface area contributed by atoms with E-state index in [-0.39, 0.29) is 24.5 Å². The summed E-state index contributed by atoms with van der Waals surface area (Å²) >= 11 is 0. The van der Waals surface area contributed by atoms with Crippen LogP contribution >= 0.6 is 0 Å². The Morgan fingerprint density at radius 1 is 1.22 bits per heavy atom. The predicted octanol–water partition coefficient (Wildman–Crippen LogP) is 2.62. The normalized spacial score (nSPS) is 18.1. The highest BCUT2D eigenvalue weighted by Crippen LogP contribution is 2.26. The van der Waals surface area contributed by atoms with Crippen LogP contribution in [-0.4, -0.2) is 70.6 Å². The molecule has 0 bridgehead atoms. The molecule has 2 aliphatic rings. The number of amides is 4. The number of imide groups is 1. The highest BCUT2D eigenvalue weighted by molar-refractivity contribution is 6.05. The van der Waals surface area contributed by atoms with Gasteiger partial charge in [-0.25, -0.2) is 14.6 Å². The summed E-state index contributed by atoms with van der Waals surface area (Å²) in [5.41, 5.74) is 1.27. The Morgan fingerprint density at radius 2 is 1.94 bits per heavy atom. The molecular formula is C22H30N6O4. The zero-order chi connectivity index (χ0) is 23.0. The Kier molecular flexibility index (Phi) is 5.70. The van der Waals surface area contributed by atoms with Crippen LogP contribution in [0.25, 0.3) is 5.65 Å². The fourth-order valence-corrected chi connectivity index (χ4v) is 4.13. The summed E-state index contributed by atoms with van der Waals surface area (Å²) in [5, 5.41) is 2.34. The minimum atomic E-state index is -0.505. The van der Waals surface area contributed by atoms with Gasteiger partial charge in [-0.05, 0) is 39.7 Å². The smallest absolute Gasteiger partial charge is 0.410 e. The maximum Gasteiger partial charge on any atom is 0.410 e. The van der Waals surface area contributed by atoms with E-state index in [0.29, 0.717) is 12.4 Å². The van der Waals surface area contributed by atoms with Crippen LogP contribution < -0.4 is 15.1 Å². The molecule has 2 fully saturated rings. The molecule has 32 heavy (non-hydrogen) atoms. The van der Waals surface area contributed by atoms with Crippen LogP contribution in [0, 0.1) is 0 Å². The SMILES string of the molecule is CN(C(=O)OC(C)(C)C)C1CCN(c2ccn3c(N4CCC(=O)NC4=O)cnc3c2)CC1. The van der Waals surface area contributed by atoms with Crippen molar-refractivity contribution in [2.24, 2.45) is 0 Å². The number of hydrogen-bond donors (Lipinski definition) is 1. The van der Waals surface area contributed by atoms with Crippen LogP contribution in [0.3, 0.4) is 0 Å². The lowest BCUT2D eigenvalue weighted by molar-refractivity contribution is -0.120. The van der Waals surface area contributed by atoms with Gasteiger partial charge in [-0.2, -0.15) is 0 Å². The molecule has 0 saturated carbocycles. The minimum Gasteiger partial charge on any atom is -0.444 e. The number of nitrogens with zero attached hydrogens (tertiary/aromatic N) is 5. The van der Waals surface area contributed by atoms with E-state index in [1.165, 1.54) is 4.90 Å². The standard InChI is InChI=1S/C22H30N6O4/c1-22(2,3)32-21(31)25(4)15-5-9-26(10-6-15)16-7-11-27-17(13-16)23-14-19(27)28-12-8-18(29)24-20(28)30/h7,11,13-15H,5-6,8-10,12H2,1-4H3,(H,24,29,30). The van der Waals surface area contributed by atoms with Crippen molar-refractivity contribution in [3.8, 4) is 0 Å². The molecule has 172 valence electrons. The number of piperidine rings is 1. The third kappa shape index (κ3) is 4.49. The quantitative estimate of drug-likeness (QED) is 0.785. The van der Waals surface area contributed by atoms with E-state index in [0.717, 1.165) is 37.3 Å². The van der Waals surface area contributed by atoms with Gasteiger partial charge in [0.1, 0.15) is 17.1 Å². The lowest BCUT2D eigenvalue weighted by Crippen LogP contribution is -2.50. The zero-order valence-electron chi connectivity index (χ0n) is 19.0. The third-order valence-electron chi connectivity index (χ3n) is 5.87. The first kappa shape index (κ1) is 21.9. The summed E-state index contributed by atoms with van der Waals surface area (Å²) < 4.78 is 7.34. The Balaban J connectivity index is 1.42. The lowest BCUT2D eigenvalue weighted by Gasteiger charge is -2.38. The van der Waals surface area contributed by atoms with Gasteiger partial charge in [-0.1, -0.05) is 0 Å². The van der Waals surface area contributed by atoms with Gasteiger partial charge >= 0.3 is 12.1 Å². The number of imidazole rings is 1. The van der Waals surface area contributed by atoms with Crippen LogP contribution in [0.2, 0.25) is 0 Å². The molecule has 4 rings (SSSR count). The second-order valence-corrected chi connectivity index (χ2v) is 9.29. The van der Waals surface area contributed by atoms with E-state index in [2.05, 4.69) is 15.2 Å². The van der Waals surface area contributed by atoms with Crippen molar-refractivity contribution < 1.29 is 19.1 Å². The Bertz CT molecular complexity index is 1030. The number of carbonyl (C=O) groups excluding carboxylic acids is 3. The van der Waals surface area contributed by atoms with Crippen LogP contribution in [0.5, 0.6) is 0 Å². The monoisotopic (exact) mass is 442 g/mol. The summed E-state index contributed by atoms with van der Waals surface area (Å²) in [6, 6.07) is 3.71. The number of carbonyl (C=O) groups is 3. The van der Waals surface area contributed by atoms with Gasteiger partial charge in [0.2, 0.25) is 5.91 Å². The first-order chi connectivity index (χ1) is 15.1. The van der Waals surface area contributed by atoms with Crippen molar-refractivity contribution in [1.29, 1.82) is 0 Å². The molecule has 0 aliphatic carbocycles. The third-order valence-corrected chi connectivity index (χ3v) is 5.87. The highest BCUT2D eigenvalue weighted by Gasteiger charge is 2.29. The molecule has 0 radical (unpaired) electrons. The number of anilines is 2. The number of pyridine rings is 1. The van der Waals surface area contributed by atoms with E-state index >= 15 is 0 Å². The van der Waals surface area contributed by atoms with Crippen molar-refractivity contribution >= 4 is 35.2 Å². The second kappa shape index (κ2) is 8.33. The molecule has 0 aromatic carbocycles. The first-order valence-corrected chi connectivity index (χ1v) is 10.9. The summed E-state index contributed by atoms with van der Waals surface area (Å²) in [7, 11) is 1.80. The molecule has 0 unspecified atom stereocenters. The van der Waals surface area contributed by atoms with Gasteiger partial charge in [0.25, 0.3) is 0 Å². The second-order valence-electron chi connectivity index (χ2n) is 9.29. The molecule has 1 N–H and O–H groups in total. The molecule has 2 aliphatic heterocycles. The van der Waals surface area contributed by atoms with Crippen LogP contribution in [0.15, 0.2) is 24.5 Å². The van der Waals surface area contributed by atoms with Gasteiger partial charge in [0.15, 0.2) is 0 Å². The van der Waals surface area contributed by atoms with Crippen LogP contribution in [-0.2, 0) is 9.53 Å². The van der Waals surface area contributed by atoms with E-state index in [1.807, 2.05) is 43.5 Å². The van der Waals surface area contributed by atoms with Crippen molar-refractivity contribution in [2.75, 3.05) is 36.5 Å². The molecule has 10 nitrogen and oxygen atoms in total. The number of nitrogens with one attached hydrogen (secondary N) is 1. The largest absolute Gasteiger partial charge is 0.444 e. The van der Waals surface area contributed by atoms with Crippen molar-refractivity contribution in [3.05, 3.63) is 24.5 Å². The van der Waals surface area contributed by atoms with Crippen molar-refractivity contribution in [3.63, 3.8) is 0 Å². The average molecular weight is 443 g/mol. The van der Waals surface area contributed by atoms with Gasteiger partial charge in [-0.3, -0.25) is 19.4 Å². The minimum absolute atomic E-state index is 0.142. The fraction of sp³-hybridized carbons (Fsp3) is 0.545. The maximum absolute atomic E-state index is 12.4. The summed E-state index contributed by atoms with van der Waals surface area (Å²) in [4.78, 5) is 45.9. The fourth-order valence-electron chi connectivity index (χ4n) is 4.13. The van der Waals surface area contributed by atoms with Gasteiger partial charge in [-0.15, -0.1) is 0 Å². The number of aromatic nitrogens is 2. The van der Waals surface area contributed by atoms with Crippen LogP contribution in [0.1, 0.15) is 40.0 Å². The summed E-state index contributed by atoms with van der Waals surface area (Å²) in [5.74, 6) is 0.373. The van der Waals surface area contributed by atoms with E-state index in [9.17, 15) is 14.4 Å². The van der Waals surface area contributed by atoms with Crippen LogP contribution in [0.4, 0.5) is 21.1 Å². The summed E-state index contributed by atoms with van der Waals surface area (Å²) in [6.07, 6.45) is 5.23. The van der Waals surface area contributed by atoms with Gasteiger partial charge < -0.3 is 14.5 Å². The maximum atomic E-state index is 12.4. The molecule has 2 saturated heterocycles. The molecule has 0 atom stereocenters. The predicted molar refractivity (Wildman–Crippen MR) is 120 cm³/mol. The van der Waals surface area contributed by atoms with E-state index in [1.54, 1.807) is 18.1 Å². The first-order valence-electron chi connectivity index (χ1n) is 10.9. The zero-order valence-corrected chi connectivity index (χ0v) is 19.0. The lowest BCUT2D eigenvalue weighted by atomic mass is 10.0. The Morgan fingerprint density at radius 3 is 2.59 bits per heavy atom. The molecule has 2 aromatic rings. The highest BCUT2D eigenvalue weighted by atomic mass is 16.6. The Labute approximate surface area is 187 Å². The van der Waals surface area contributed by atoms with E-state index < -0.39 is 11.6 Å². The number of hydrogen-bond acceptors (Lipinski definition) is 6. The average Bonchev–Trinajstić information content (AvgIpc) is 3.15.